The number of hydrogen-bond acceptors (Lipinski definition) is 2. The van der Waals surface area contributed by atoms with Gasteiger partial charge in [0.05, 0.1) is 10.0 Å². The van der Waals surface area contributed by atoms with E-state index in [-0.39, 0.29) is 5.75 Å². The Morgan fingerprint density at radius 2 is 2.00 bits per heavy atom. The van der Waals surface area contributed by atoms with Gasteiger partial charge in [0.15, 0.2) is 11.9 Å². The molecule has 0 radical (unpaired) electrons. The van der Waals surface area contributed by atoms with Crippen LogP contribution in [-0.4, -0.2) is 17.2 Å². The molecule has 0 bridgehead atoms. The van der Waals surface area contributed by atoms with Crippen molar-refractivity contribution in [1.82, 2.24) is 0 Å². The van der Waals surface area contributed by atoms with Crippen molar-refractivity contribution in [3.8, 4) is 5.75 Å². The summed E-state index contributed by atoms with van der Waals surface area (Å²) in [6.07, 6.45) is -0.584. The smallest absolute Gasteiger partial charge is 0.344 e. The van der Waals surface area contributed by atoms with E-state index in [9.17, 15) is 4.79 Å². The summed E-state index contributed by atoms with van der Waals surface area (Å²) in [5, 5.41) is 9.42. The van der Waals surface area contributed by atoms with Crippen molar-refractivity contribution >= 4 is 29.2 Å². The molecule has 1 atom stereocenters. The average Bonchev–Trinajstić information content (AvgIpc) is 2.17. The van der Waals surface area contributed by atoms with Gasteiger partial charge < -0.3 is 9.84 Å². The van der Waals surface area contributed by atoms with Gasteiger partial charge >= 0.3 is 5.97 Å². The number of para-hydroxylation sites is 1. The highest BCUT2D eigenvalue weighted by Gasteiger charge is 2.19. The molecule has 82 valence electrons. The molecule has 1 aromatic carbocycles. The van der Waals surface area contributed by atoms with Gasteiger partial charge in [-0.05, 0) is 18.6 Å². The SMILES string of the molecule is CCC(Oc1c(Cl)cccc1Cl)C(=O)O. The molecule has 0 saturated heterocycles. The molecule has 0 saturated carbocycles. The van der Waals surface area contributed by atoms with Gasteiger partial charge in [-0.15, -0.1) is 0 Å². The number of aliphatic carboxylic acids is 1. The molecule has 1 N–H and O–H groups in total. The molecule has 0 fully saturated rings. The fourth-order valence-corrected chi connectivity index (χ4v) is 1.53. The fourth-order valence-electron chi connectivity index (χ4n) is 1.05. The number of hydrogen-bond donors (Lipinski definition) is 1. The molecule has 5 heteroatoms. The maximum atomic E-state index is 10.7. The van der Waals surface area contributed by atoms with E-state index in [2.05, 4.69) is 0 Å². The molecule has 0 aliphatic rings. The lowest BCUT2D eigenvalue weighted by atomic mass is 10.2. The Kier molecular flexibility index (Phi) is 4.24. The monoisotopic (exact) mass is 248 g/mol. The standard InChI is InChI=1S/C10H10Cl2O3/c1-2-8(10(13)14)15-9-6(11)4-3-5-7(9)12/h3-5,8H,2H2,1H3,(H,13,14). The van der Waals surface area contributed by atoms with Crippen LogP contribution in [0.15, 0.2) is 18.2 Å². The number of carboxylic acid groups (broad SMARTS) is 1. The van der Waals surface area contributed by atoms with Crippen molar-refractivity contribution in [1.29, 1.82) is 0 Å². The van der Waals surface area contributed by atoms with Gasteiger partial charge in [-0.2, -0.15) is 0 Å². The van der Waals surface area contributed by atoms with E-state index in [1.54, 1.807) is 25.1 Å². The lowest BCUT2D eigenvalue weighted by molar-refractivity contribution is -0.145. The van der Waals surface area contributed by atoms with E-state index in [1.807, 2.05) is 0 Å². The Morgan fingerprint density at radius 3 is 2.40 bits per heavy atom. The van der Waals surface area contributed by atoms with Crippen molar-refractivity contribution in [2.45, 2.75) is 19.4 Å². The highest BCUT2D eigenvalue weighted by Crippen LogP contribution is 2.33. The Labute approximate surface area is 97.6 Å². The van der Waals surface area contributed by atoms with Crippen LogP contribution in [0.2, 0.25) is 10.0 Å². The van der Waals surface area contributed by atoms with Gasteiger partial charge in [0, 0.05) is 0 Å². The van der Waals surface area contributed by atoms with E-state index in [4.69, 9.17) is 33.0 Å². The summed E-state index contributed by atoms with van der Waals surface area (Å²) in [5.74, 6) is -0.816. The summed E-state index contributed by atoms with van der Waals surface area (Å²) < 4.78 is 5.22. The number of rotatable bonds is 4. The number of carbonyl (C=O) groups is 1. The molecule has 1 unspecified atom stereocenters. The number of halogens is 2. The molecular formula is C10H10Cl2O3. The zero-order valence-corrected chi connectivity index (χ0v) is 9.55. The molecule has 0 heterocycles. The van der Waals surface area contributed by atoms with Crippen LogP contribution in [0.5, 0.6) is 5.75 Å². The van der Waals surface area contributed by atoms with Crippen molar-refractivity contribution in [3.05, 3.63) is 28.2 Å². The summed E-state index contributed by atoms with van der Waals surface area (Å²) in [6, 6.07) is 4.86. The summed E-state index contributed by atoms with van der Waals surface area (Å²) in [7, 11) is 0. The Morgan fingerprint density at radius 1 is 1.47 bits per heavy atom. The summed E-state index contributed by atoms with van der Waals surface area (Å²) in [4.78, 5) is 10.7. The van der Waals surface area contributed by atoms with Crippen LogP contribution in [0, 0.1) is 0 Å². The highest BCUT2D eigenvalue weighted by molar-refractivity contribution is 6.37. The van der Waals surface area contributed by atoms with Gasteiger partial charge in [-0.1, -0.05) is 36.2 Å². The highest BCUT2D eigenvalue weighted by atomic mass is 35.5. The summed E-state index contributed by atoms with van der Waals surface area (Å²) in [5.41, 5.74) is 0. The third-order valence-corrected chi connectivity index (χ3v) is 2.42. The second-order valence-electron chi connectivity index (χ2n) is 2.90. The minimum atomic E-state index is -1.03. The fraction of sp³-hybridized carbons (Fsp3) is 0.300. The molecular weight excluding hydrogens is 239 g/mol. The van der Waals surface area contributed by atoms with Crippen LogP contribution in [0.4, 0.5) is 0 Å². The largest absolute Gasteiger partial charge is 0.479 e. The zero-order chi connectivity index (χ0) is 11.4. The Balaban J connectivity index is 2.92. The van der Waals surface area contributed by atoms with Gasteiger partial charge in [0.1, 0.15) is 0 Å². The topological polar surface area (TPSA) is 46.5 Å². The molecule has 15 heavy (non-hydrogen) atoms. The third kappa shape index (κ3) is 3.01. The van der Waals surface area contributed by atoms with Gasteiger partial charge in [0.2, 0.25) is 0 Å². The van der Waals surface area contributed by atoms with E-state index in [0.717, 1.165) is 0 Å². The van der Waals surface area contributed by atoms with Crippen LogP contribution in [-0.2, 0) is 4.79 Å². The second-order valence-corrected chi connectivity index (χ2v) is 3.72. The van der Waals surface area contributed by atoms with Crippen molar-refractivity contribution in [3.63, 3.8) is 0 Å². The maximum Gasteiger partial charge on any atom is 0.344 e. The van der Waals surface area contributed by atoms with Crippen LogP contribution >= 0.6 is 23.2 Å². The van der Waals surface area contributed by atoms with Crippen LogP contribution < -0.4 is 4.74 Å². The van der Waals surface area contributed by atoms with Crippen LogP contribution in [0.25, 0.3) is 0 Å². The molecule has 0 aliphatic carbocycles. The van der Waals surface area contributed by atoms with Crippen molar-refractivity contribution in [2.24, 2.45) is 0 Å². The van der Waals surface area contributed by atoms with E-state index < -0.39 is 12.1 Å². The van der Waals surface area contributed by atoms with E-state index in [1.165, 1.54) is 0 Å². The molecule has 0 spiro atoms. The quantitative estimate of drug-likeness (QED) is 0.890. The first-order valence-electron chi connectivity index (χ1n) is 4.39. The van der Waals surface area contributed by atoms with Crippen molar-refractivity contribution in [2.75, 3.05) is 0 Å². The van der Waals surface area contributed by atoms with Crippen molar-refractivity contribution < 1.29 is 14.6 Å². The first-order valence-corrected chi connectivity index (χ1v) is 5.15. The molecule has 1 rings (SSSR count). The summed E-state index contributed by atoms with van der Waals surface area (Å²) in [6.45, 7) is 1.71. The van der Waals surface area contributed by atoms with Gasteiger partial charge in [-0.3, -0.25) is 0 Å². The minimum absolute atomic E-state index is 0.218. The molecule has 1 aromatic rings. The molecule has 0 aromatic heterocycles. The average molecular weight is 249 g/mol. The molecule has 0 amide bonds. The first kappa shape index (κ1) is 12.1. The number of ether oxygens (including phenoxy) is 1. The van der Waals surface area contributed by atoms with Crippen LogP contribution in [0.1, 0.15) is 13.3 Å². The molecule has 3 nitrogen and oxygen atoms in total. The third-order valence-electron chi connectivity index (χ3n) is 1.83. The zero-order valence-electron chi connectivity index (χ0n) is 8.04. The maximum absolute atomic E-state index is 10.7. The Bertz CT molecular complexity index is 345. The van der Waals surface area contributed by atoms with E-state index in [0.29, 0.717) is 16.5 Å². The first-order chi connectivity index (χ1) is 7.06. The minimum Gasteiger partial charge on any atom is -0.479 e. The normalized spacial score (nSPS) is 12.2. The van der Waals surface area contributed by atoms with E-state index >= 15 is 0 Å². The van der Waals surface area contributed by atoms with Crippen LogP contribution in [0.3, 0.4) is 0 Å². The lowest BCUT2D eigenvalue weighted by Crippen LogP contribution is -2.26. The Hall–Kier alpha value is -0.930. The summed E-state index contributed by atoms with van der Waals surface area (Å²) >= 11 is 11.7. The predicted molar refractivity (Wildman–Crippen MR) is 58.8 cm³/mol. The number of benzene rings is 1. The molecule has 0 aliphatic heterocycles. The number of carboxylic acids is 1. The second kappa shape index (κ2) is 5.24. The van der Waals surface area contributed by atoms with Gasteiger partial charge in [-0.25, -0.2) is 4.79 Å². The predicted octanol–water partition coefficient (Wildman–Crippen LogP) is 3.24. The lowest BCUT2D eigenvalue weighted by Gasteiger charge is -2.15. The van der Waals surface area contributed by atoms with Gasteiger partial charge in [0.25, 0.3) is 0 Å².